The summed E-state index contributed by atoms with van der Waals surface area (Å²) in [5.41, 5.74) is 6.60. The average molecular weight is 234 g/mol. The number of aromatic nitrogens is 2. The molecule has 0 saturated carbocycles. The van der Waals surface area contributed by atoms with Crippen molar-refractivity contribution in [2.45, 2.75) is 12.5 Å². The summed E-state index contributed by atoms with van der Waals surface area (Å²) < 4.78 is 2.69. The van der Waals surface area contributed by atoms with Gasteiger partial charge in [0.1, 0.15) is 4.60 Å². The number of aryl methyl sites for hydroxylation is 1. The number of rotatable bonds is 3. The van der Waals surface area contributed by atoms with Gasteiger partial charge in [-0.05, 0) is 15.9 Å². The van der Waals surface area contributed by atoms with E-state index in [1.54, 1.807) is 6.33 Å². The van der Waals surface area contributed by atoms with Crippen molar-refractivity contribution in [1.82, 2.24) is 9.55 Å². The van der Waals surface area contributed by atoms with E-state index >= 15 is 0 Å². The maximum absolute atomic E-state index is 8.75. The van der Waals surface area contributed by atoms with Crippen LogP contribution in [0.1, 0.15) is 5.69 Å². The third-order valence-electron chi connectivity index (χ3n) is 1.70. The molecule has 4 nitrogen and oxygen atoms in total. The molecule has 0 aliphatic rings. The lowest BCUT2D eigenvalue weighted by Gasteiger charge is -2.08. The number of aliphatic hydroxyl groups is 1. The third-order valence-corrected chi connectivity index (χ3v) is 2.36. The summed E-state index contributed by atoms with van der Waals surface area (Å²) in [6.07, 6.45) is 2.34. The zero-order valence-corrected chi connectivity index (χ0v) is 8.45. The minimum absolute atomic E-state index is 0.00236. The highest BCUT2D eigenvalue weighted by Crippen LogP contribution is 2.14. The smallest absolute Gasteiger partial charge is 0.127 e. The molecule has 1 atom stereocenters. The molecule has 1 aromatic rings. The molecule has 0 aliphatic heterocycles. The Kier molecular flexibility index (Phi) is 3.25. The number of hydrogen-bond acceptors (Lipinski definition) is 3. The Morgan fingerprint density at radius 3 is 2.92 bits per heavy atom. The fraction of sp³-hybridized carbons (Fsp3) is 0.571. The second-order valence-corrected chi connectivity index (χ2v) is 3.49. The molecule has 1 aromatic heterocycles. The van der Waals surface area contributed by atoms with Crippen LogP contribution < -0.4 is 5.73 Å². The highest BCUT2D eigenvalue weighted by atomic mass is 79.9. The van der Waals surface area contributed by atoms with Crippen LogP contribution in [0.15, 0.2) is 10.9 Å². The maximum Gasteiger partial charge on any atom is 0.127 e. The monoisotopic (exact) mass is 233 g/mol. The molecule has 1 rings (SSSR count). The molecule has 5 heteroatoms. The Labute approximate surface area is 79.5 Å². The molecule has 0 saturated heterocycles. The number of halogens is 1. The Balaban J connectivity index is 2.73. The van der Waals surface area contributed by atoms with Gasteiger partial charge in [-0.15, -0.1) is 0 Å². The molecule has 0 radical (unpaired) electrons. The number of hydrogen-bond donors (Lipinski definition) is 2. The van der Waals surface area contributed by atoms with Crippen LogP contribution in [0.25, 0.3) is 0 Å². The van der Waals surface area contributed by atoms with Gasteiger partial charge in [-0.1, -0.05) is 0 Å². The predicted octanol–water partition coefficient (Wildman–Crippen LogP) is 0.0447. The number of imidazole rings is 1. The molecule has 12 heavy (non-hydrogen) atoms. The van der Waals surface area contributed by atoms with Gasteiger partial charge in [0.05, 0.1) is 18.6 Å². The lowest BCUT2D eigenvalue weighted by atomic mass is 10.2. The van der Waals surface area contributed by atoms with E-state index in [-0.39, 0.29) is 12.6 Å². The Bertz CT molecular complexity index is 242. The van der Waals surface area contributed by atoms with Crippen molar-refractivity contribution < 1.29 is 5.11 Å². The van der Waals surface area contributed by atoms with Crippen LogP contribution in [0.3, 0.4) is 0 Å². The van der Waals surface area contributed by atoms with Crippen molar-refractivity contribution in [3.63, 3.8) is 0 Å². The Hall–Kier alpha value is -0.390. The van der Waals surface area contributed by atoms with Crippen molar-refractivity contribution >= 4 is 15.9 Å². The Morgan fingerprint density at radius 1 is 1.83 bits per heavy atom. The summed E-state index contributed by atoms with van der Waals surface area (Å²) in [5.74, 6) is 0. The number of nitrogens with two attached hydrogens (primary N) is 1. The molecule has 68 valence electrons. The number of aliphatic hydroxyl groups excluding tert-OH is 1. The van der Waals surface area contributed by atoms with Crippen LogP contribution in [0.5, 0.6) is 0 Å². The van der Waals surface area contributed by atoms with Crippen molar-refractivity contribution in [2.24, 2.45) is 12.8 Å². The number of nitrogens with zero attached hydrogens (tertiary/aromatic N) is 2. The van der Waals surface area contributed by atoms with E-state index in [0.29, 0.717) is 6.42 Å². The molecule has 1 unspecified atom stereocenters. The normalized spacial score (nSPS) is 13.3. The van der Waals surface area contributed by atoms with Gasteiger partial charge in [-0.2, -0.15) is 0 Å². The van der Waals surface area contributed by atoms with Crippen molar-refractivity contribution in [3.05, 3.63) is 16.6 Å². The van der Waals surface area contributed by atoms with Crippen molar-refractivity contribution in [1.29, 1.82) is 0 Å². The summed E-state index contributed by atoms with van der Waals surface area (Å²) in [7, 11) is 1.90. The van der Waals surface area contributed by atoms with Crippen LogP contribution >= 0.6 is 15.9 Å². The molecular formula is C7H12BrN3O. The molecule has 0 aromatic carbocycles. The van der Waals surface area contributed by atoms with Gasteiger partial charge in [0.2, 0.25) is 0 Å². The van der Waals surface area contributed by atoms with Gasteiger partial charge in [0, 0.05) is 19.5 Å². The lowest BCUT2D eigenvalue weighted by molar-refractivity contribution is 0.264. The predicted molar refractivity (Wildman–Crippen MR) is 49.7 cm³/mol. The second kappa shape index (κ2) is 4.02. The van der Waals surface area contributed by atoms with E-state index in [9.17, 15) is 0 Å². The summed E-state index contributed by atoms with van der Waals surface area (Å²) in [6.45, 7) is -0.00236. The van der Waals surface area contributed by atoms with Gasteiger partial charge in [-0.25, -0.2) is 4.98 Å². The zero-order valence-electron chi connectivity index (χ0n) is 6.87. The van der Waals surface area contributed by atoms with E-state index < -0.39 is 0 Å². The van der Waals surface area contributed by atoms with E-state index in [1.807, 2.05) is 11.6 Å². The van der Waals surface area contributed by atoms with E-state index in [0.717, 1.165) is 10.3 Å². The van der Waals surface area contributed by atoms with Gasteiger partial charge in [0.25, 0.3) is 0 Å². The molecular weight excluding hydrogens is 222 g/mol. The van der Waals surface area contributed by atoms with E-state index in [2.05, 4.69) is 20.9 Å². The largest absolute Gasteiger partial charge is 0.395 e. The molecule has 3 N–H and O–H groups in total. The van der Waals surface area contributed by atoms with E-state index in [1.165, 1.54) is 0 Å². The highest BCUT2D eigenvalue weighted by Gasteiger charge is 2.09. The van der Waals surface area contributed by atoms with Crippen molar-refractivity contribution in [2.75, 3.05) is 6.61 Å². The van der Waals surface area contributed by atoms with Crippen LogP contribution in [0, 0.1) is 0 Å². The first kappa shape index (κ1) is 9.70. The van der Waals surface area contributed by atoms with Crippen molar-refractivity contribution in [3.8, 4) is 0 Å². The van der Waals surface area contributed by atoms with Gasteiger partial charge in [-0.3, -0.25) is 0 Å². The summed E-state index contributed by atoms with van der Waals surface area (Å²) in [4.78, 5) is 4.05. The first-order valence-corrected chi connectivity index (χ1v) is 4.46. The Morgan fingerprint density at radius 2 is 2.50 bits per heavy atom. The van der Waals surface area contributed by atoms with Crippen LogP contribution in [0.4, 0.5) is 0 Å². The van der Waals surface area contributed by atoms with E-state index in [4.69, 9.17) is 10.8 Å². The quantitative estimate of drug-likeness (QED) is 0.776. The standard InChI is InChI=1S/C7H12BrN3O/c1-11-4-10-7(8)6(11)2-5(9)3-12/h4-5,12H,2-3,9H2,1H3. The molecule has 0 fully saturated rings. The molecule has 0 bridgehead atoms. The SMILES string of the molecule is Cn1cnc(Br)c1CC(N)CO. The average Bonchev–Trinajstić information content (AvgIpc) is 2.35. The van der Waals surface area contributed by atoms with Crippen LogP contribution in [0.2, 0.25) is 0 Å². The highest BCUT2D eigenvalue weighted by molar-refractivity contribution is 9.10. The van der Waals surface area contributed by atoms with Gasteiger partial charge >= 0.3 is 0 Å². The third kappa shape index (κ3) is 2.06. The van der Waals surface area contributed by atoms with Gasteiger partial charge in [0.15, 0.2) is 0 Å². The second-order valence-electron chi connectivity index (χ2n) is 2.74. The first-order chi connectivity index (χ1) is 5.65. The van der Waals surface area contributed by atoms with Crippen LogP contribution in [-0.2, 0) is 13.5 Å². The molecule has 0 spiro atoms. The topological polar surface area (TPSA) is 64.1 Å². The maximum atomic E-state index is 8.75. The lowest BCUT2D eigenvalue weighted by Crippen LogP contribution is -2.27. The molecule has 0 amide bonds. The first-order valence-electron chi connectivity index (χ1n) is 3.67. The minimum atomic E-state index is -0.211. The summed E-state index contributed by atoms with van der Waals surface area (Å²) in [5, 5.41) is 8.75. The fourth-order valence-corrected chi connectivity index (χ4v) is 1.50. The summed E-state index contributed by atoms with van der Waals surface area (Å²) in [6, 6.07) is -0.211. The van der Waals surface area contributed by atoms with Gasteiger partial charge < -0.3 is 15.4 Å². The molecule has 1 heterocycles. The fourth-order valence-electron chi connectivity index (χ4n) is 0.968. The molecule has 0 aliphatic carbocycles. The van der Waals surface area contributed by atoms with Crippen LogP contribution in [-0.4, -0.2) is 27.3 Å². The summed E-state index contributed by atoms with van der Waals surface area (Å²) >= 11 is 3.31. The minimum Gasteiger partial charge on any atom is -0.395 e. The zero-order chi connectivity index (χ0) is 9.14.